The molecule has 5 nitrogen and oxygen atoms in total. The Morgan fingerprint density at radius 3 is 2.60 bits per heavy atom. The third-order valence-corrected chi connectivity index (χ3v) is 3.70. The molecule has 20 heavy (non-hydrogen) atoms. The monoisotopic (exact) mass is 300 g/mol. The van der Waals surface area contributed by atoms with E-state index in [1.54, 1.807) is 0 Å². The second-order valence-corrected chi connectivity index (χ2v) is 5.40. The lowest BCUT2D eigenvalue weighted by Gasteiger charge is -2.26. The van der Waals surface area contributed by atoms with E-state index in [1.165, 1.54) is 19.1 Å². The van der Waals surface area contributed by atoms with Gasteiger partial charge < -0.3 is 15.7 Å². The fourth-order valence-corrected chi connectivity index (χ4v) is 2.08. The van der Waals surface area contributed by atoms with Crippen molar-refractivity contribution in [2.75, 3.05) is 5.32 Å². The van der Waals surface area contributed by atoms with Crippen molar-refractivity contribution in [2.24, 2.45) is 5.92 Å². The van der Waals surface area contributed by atoms with Gasteiger partial charge in [0, 0.05) is 5.69 Å². The van der Waals surface area contributed by atoms with E-state index in [4.69, 9.17) is 11.6 Å². The van der Waals surface area contributed by atoms with E-state index in [0.29, 0.717) is 0 Å². The topological polar surface area (TPSA) is 78.4 Å². The molecule has 1 fully saturated rings. The number of hydrogen-bond acceptors (Lipinski definition) is 2. The molecule has 0 heterocycles. The first kappa shape index (κ1) is 14.6. The molecule has 1 saturated carbocycles. The number of carbonyl (C=O) groups is 2. The van der Waals surface area contributed by atoms with Crippen LogP contribution in [0.25, 0.3) is 0 Å². The molecule has 1 aromatic rings. The van der Waals surface area contributed by atoms with Crippen LogP contribution in [0.5, 0.6) is 0 Å². The quantitative estimate of drug-likeness (QED) is 0.800. The van der Waals surface area contributed by atoms with Crippen LogP contribution in [0, 0.1) is 11.7 Å². The fraction of sp³-hybridized carbons (Fsp3) is 0.385. The van der Waals surface area contributed by atoms with Crippen molar-refractivity contribution in [2.45, 2.75) is 25.3 Å². The predicted octanol–water partition coefficient (Wildman–Crippen LogP) is 2.85. The number of carboxylic acids is 1. The van der Waals surface area contributed by atoms with Crippen LogP contribution in [-0.2, 0) is 4.79 Å². The molecule has 0 aliphatic heterocycles. The number of benzene rings is 1. The van der Waals surface area contributed by atoms with Gasteiger partial charge in [-0.3, -0.25) is 0 Å². The van der Waals surface area contributed by atoms with Crippen molar-refractivity contribution >= 4 is 29.3 Å². The van der Waals surface area contributed by atoms with Gasteiger partial charge in [-0.25, -0.2) is 14.0 Å². The summed E-state index contributed by atoms with van der Waals surface area (Å²) < 4.78 is 13.2. The number of aliphatic carboxylic acids is 1. The van der Waals surface area contributed by atoms with Crippen LogP contribution in [0.15, 0.2) is 18.2 Å². The number of carbonyl (C=O) groups excluding carboxylic acids is 1. The lowest BCUT2D eigenvalue weighted by molar-refractivity contribution is -0.144. The predicted molar refractivity (Wildman–Crippen MR) is 72.3 cm³/mol. The third kappa shape index (κ3) is 3.01. The molecule has 2 amide bonds. The van der Waals surface area contributed by atoms with E-state index in [0.717, 1.165) is 18.9 Å². The maximum Gasteiger partial charge on any atom is 0.329 e. The van der Waals surface area contributed by atoms with Gasteiger partial charge in [0.05, 0.1) is 5.02 Å². The van der Waals surface area contributed by atoms with Gasteiger partial charge in [0.25, 0.3) is 0 Å². The SMILES string of the molecule is CC(NC(=O)Nc1ccc(Cl)c(F)c1)(C(=O)O)C1CC1. The van der Waals surface area contributed by atoms with Gasteiger partial charge in [0.15, 0.2) is 0 Å². The van der Waals surface area contributed by atoms with Crippen molar-refractivity contribution < 1.29 is 19.1 Å². The highest BCUT2D eigenvalue weighted by molar-refractivity contribution is 6.30. The van der Waals surface area contributed by atoms with Crippen LogP contribution in [0.3, 0.4) is 0 Å². The van der Waals surface area contributed by atoms with Crippen molar-refractivity contribution in [3.8, 4) is 0 Å². The fourth-order valence-electron chi connectivity index (χ4n) is 1.96. The Kier molecular flexibility index (Phi) is 3.85. The third-order valence-electron chi connectivity index (χ3n) is 3.39. The number of hydrogen-bond donors (Lipinski definition) is 3. The van der Waals surface area contributed by atoms with Gasteiger partial charge in [0.1, 0.15) is 11.4 Å². The summed E-state index contributed by atoms with van der Waals surface area (Å²) in [6.07, 6.45) is 1.53. The van der Waals surface area contributed by atoms with Crippen LogP contribution in [0.4, 0.5) is 14.9 Å². The van der Waals surface area contributed by atoms with Gasteiger partial charge >= 0.3 is 12.0 Å². The minimum absolute atomic E-state index is 0.0516. The van der Waals surface area contributed by atoms with Gasteiger partial charge in [-0.05, 0) is 43.9 Å². The first-order valence-electron chi connectivity index (χ1n) is 6.10. The van der Waals surface area contributed by atoms with Crippen molar-refractivity contribution in [1.29, 1.82) is 0 Å². The molecule has 2 rings (SSSR count). The van der Waals surface area contributed by atoms with E-state index in [-0.39, 0.29) is 16.6 Å². The molecular formula is C13H14ClFN2O3. The average molecular weight is 301 g/mol. The summed E-state index contributed by atoms with van der Waals surface area (Å²) in [4.78, 5) is 23.1. The van der Waals surface area contributed by atoms with Gasteiger partial charge in [0.2, 0.25) is 0 Å². The maximum absolute atomic E-state index is 13.2. The molecule has 1 aliphatic rings. The summed E-state index contributed by atoms with van der Waals surface area (Å²) in [6, 6.07) is 3.12. The molecule has 7 heteroatoms. The first-order chi connectivity index (χ1) is 9.33. The second-order valence-electron chi connectivity index (χ2n) is 4.99. The largest absolute Gasteiger partial charge is 0.480 e. The summed E-state index contributed by atoms with van der Waals surface area (Å²) >= 11 is 5.53. The average Bonchev–Trinajstić information content (AvgIpc) is 3.17. The first-order valence-corrected chi connectivity index (χ1v) is 6.48. The molecule has 3 N–H and O–H groups in total. The Hall–Kier alpha value is -1.82. The summed E-state index contributed by atoms with van der Waals surface area (Å²) in [5, 5.41) is 14.0. The Balaban J connectivity index is 2.04. The smallest absolute Gasteiger partial charge is 0.329 e. The van der Waals surface area contributed by atoms with Gasteiger partial charge in [-0.15, -0.1) is 0 Å². The maximum atomic E-state index is 13.2. The zero-order valence-corrected chi connectivity index (χ0v) is 11.5. The van der Waals surface area contributed by atoms with Crippen molar-refractivity contribution in [3.05, 3.63) is 29.0 Å². The van der Waals surface area contributed by atoms with E-state index in [2.05, 4.69) is 10.6 Å². The van der Waals surface area contributed by atoms with Gasteiger partial charge in [-0.1, -0.05) is 11.6 Å². The van der Waals surface area contributed by atoms with Crippen LogP contribution < -0.4 is 10.6 Å². The number of amides is 2. The van der Waals surface area contributed by atoms with Crippen LogP contribution in [-0.4, -0.2) is 22.6 Å². The van der Waals surface area contributed by atoms with E-state index < -0.39 is 23.4 Å². The lowest BCUT2D eigenvalue weighted by atomic mass is 9.96. The molecular weight excluding hydrogens is 287 g/mol. The van der Waals surface area contributed by atoms with Crippen molar-refractivity contribution in [1.82, 2.24) is 5.32 Å². The highest BCUT2D eigenvalue weighted by Gasteiger charge is 2.48. The van der Waals surface area contributed by atoms with Gasteiger partial charge in [-0.2, -0.15) is 0 Å². The summed E-state index contributed by atoms with van der Waals surface area (Å²) in [5.74, 6) is -1.82. The number of anilines is 1. The van der Waals surface area contributed by atoms with E-state index in [9.17, 15) is 19.1 Å². The molecule has 0 bridgehead atoms. The molecule has 1 unspecified atom stereocenters. The number of rotatable bonds is 4. The standard InChI is InChI=1S/C13H14ClFN2O3/c1-13(11(18)19,7-2-3-7)17-12(20)16-8-4-5-9(14)10(15)6-8/h4-7H,2-3H2,1H3,(H,18,19)(H2,16,17,20). The summed E-state index contributed by atoms with van der Waals surface area (Å²) in [5.41, 5.74) is -1.11. The zero-order valence-electron chi connectivity index (χ0n) is 10.7. The number of halogens is 2. The number of carboxylic acid groups (broad SMARTS) is 1. The lowest BCUT2D eigenvalue weighted by Crippen LogP contribution is -2.55. The molecule has 1 atom stereocenters. The molecule has 1 aliphatic carbocycles. The molecule has 0 saturated heterocycles. The second kappa shape index (κ2) is 5.28. The zero-order chi connectivity index (χ0) is 14.9. The highest BCUT2D eigenvalue weighted by atomic mass is 35.5. The Morgan fingerprint density at radius 1 is 1.45 bits per heavy atom. The van der Waals surface area contributed by atoms with E-state index >= 15 is 0 Å². The minimum Gasteiger partial charge on any atom is -0.480 e. The highest BCUT2D eigenvalue weighted by Crippen LogP contribution is 2.39. The Labute approximate surface area is 120 Å². The van der Waals surface area contributed by atoms with Crippen LogP contribution >= 0.6 is 11.6 Å². The number of nitrogens with one attached hydrogen (secondary N) is 2. The number of urea groups is 1. The Bertz CT molecular complexity index is 563. The van der Waals surface area contributed by atoms with Crippen molar-refractivity contribution in [3.63, 3.8) is 0 Å². The molecule has 108 valence electrons. The molecule has 0 radical (unpaired) electrons. The normalized spacial score (nSPS) is 17.1. The molecule has 0 aromatic heterocycles. The molecule has 0 spiro atoms. The summed E-state index contributed by atoms with van der Waals surface area (Å²) in [6.45, 7) is 1.47. The molecule has 1 aromatic carbocycles. The minimum atomic E-state index is -1.31. The van der Waals surface area contributed by atoms with Crippen LogP contribution in [0.1, 0.15) is 19.8 Å². The van der Waals surface area contributed by atoms with E-state index in [1.807, 2.05) is 0 Å². The Morgan fingerprint density at radius 2 is 2.10 bits per heavy atom. The van der Waals surface area contributed by atoms with Crippen LogP contribution in [0.2, 0.25) is 5.02 Å². The summed E-state index contributed by atoms with van der Waals surface area (Å²) in [7, 11) is 0.